The molecule has 8 nitrogen and oxygen atoms in total. The molecular formula is C18H19ClN4O4. The summed E-state index contributed by atoms with van der Waals surface area (Å²) in [4.78, 5) is 54.6. The fourth-order valence-electron chi connectivity index (χ4n) is 3.00. The van der Waals surface area contributed by atoms with Crippen molar-refractivity contribution in [1.29, 1.82) is 0 Å². The summed E-state index contributed by atoms with van der Waals surface area (Å²) < 4.78 is 0.959. The van der Waals surface area contributed by atoms with Crippen molar-refractivity contribution >= 4 is 23.4 Å². The molecule has 0 spiro atoms. The maximum Gasteiger partial charge on any atom is 0.328 e. The number of carbonyl (C=O) groups is 2. The SMILES string of the molecule is CC(=O)N1CCN(C(=O)c2c[nH]c(=O)n(Cc3ccccc3Cl)c2=O)CC1. The smallest absolute Gasteiger partial charge is 0.328 e. The van der Waals surface area contributed by atoms with E-state index in [1.165, 1.54) is 11.8 Å². The maximum absolute atomic E-state index is 12.7. The molecule has 2 amide bonds. The Kier molecular flexibility index (Phi) is 5.46. The first kappa shape index (κ1) is 18.9. The predicted molar refractivity (Wildman–Crippen MR) is 100 cm³/mol. The Bertz CT molecular complexity index is 989. The van der Waals surface area contributed by atoms with Gasteiger partial charge in [0.2, 0.25) is 5.91 Å². The van der Waals surface area contributed by atoms with Gasteiger partial charge in [-0.05, 0) is 11.6 Å². The molecule has 9 heteroatoms. The van der Waals surface area contributed by atoms with Gasteiger partial charge in [-0.15, -0.1) is 0 Å². The van der Waals surface area contributed by atoms with Crippen molar-refractivity contribution in [2.24, 2.45) is 0 Å². The number of benzene rings is 1. The van der Waals surface area contributed by atoms with Crippen LogP contribution in [-0.2, 0) is 11.3 Å². The number of aromatic nitrogens is 2. The Hall–Kier alpha value is -2.87. The van der Waals surface area contributed by atoms with Gasteiger partial charge in [-0.2, -0.15) is 0 Å². The Morgan fingerprint density at radius 2 is 1.70 bits per heavy atom. The van der Waals surface area contributed by atoms with E-state index in [4.69, 9.17) is 11.6 Å². The number of nitrogens with zero attached hydrogens (tertiary/aromatic N) is 3. The highest BCUT2D eigenvalue weighted by molar-refractivity contribution is 6.31. The van der Waals surface area contributed by atoms with Crippen LogP contribution in [0.2, 0.25) is 5.02 Å². The van der Waals surface area contributed by atoms with Crippen molar-refractivity contribution in [3.63, 3.8) is 0 Å². The van der Waals surface area contributed by atoms with Crippen LogP contribution in [0.15, 0.2) is 40.1 Å². The molecule has 1 fully saturated rings. The fourth-order valence-corrected chi connectivity index (χ4v) is 3.20. The molecular weight excluding hydrogens is 372 g/mol. The summed E-state index contributed by atoms with van der Waals surface area (Å²) in [6.45, 7) is 2.94. The predicted octanol–water partition coefficient (Wildman–Crippen LogP) is 0.543. The molecule has 1 aliphatic rings. The summed E-state index contributed by atoms with van der Waals surface area (Å²) >= 11 is 6.11. The Balaban J connectivity index is 1.86. The van der Waals surface area contributed by atoms with Crippen LogP contribution < -0.4 is 11.2 Å². The second-order valence-corrected chi connectivity index (χ2v) is 6.70. The van der Waals surface area contributed by atoms with Crippen molar-refractivity contribution < 1.29 is 9.59 Å². The second-order valence-electron chi connectivity index (χ2n) is 6.29. The number of aromatic amines is 1. The van der Waals surface area contributed by atoms with Crippen LogP contribution in [-0.4, -0.2) is 57.3 Å². The van der Waals surface area contributed by atoms with Crippen molar-refractivity contribution in [2.75, 3.05) is 26.2 Å². The molecule has 1 aromatic carbocycles. The van der Waals surface area contributed by atoms with Gasteiger partial charge in [0, 0.05) is 44.3 Å². The van der Waals surface area contributed by atoms with E-state index >= 15 is 0 Å². The van der Waals surface area contributed by atoms with Crippen molar-refractivity contribution in [2.45, 2.75) is 13.5 Å². The van der Waals surface area contributed by atoms with Crippen molar-refractivity contribution in [3.05, 3.63) is 67.4 Å². The number of hydrogen-bond donors (Lipinski definition) is 1. The lowest BCUT2D eigenvalue weighted by molar-refractivity contribution is -0.130. The van der Waals surface area contributed by atoms with E-state index in [-0.39, 0.29) is 18.0 Å². The standard InChI is InChI=1S/C18H19ClN4O4/c1-12(24)21-6-8-22(9-7-21)16(25)14-10-20-18(27)23(17(14)26)11-13-4-2-3-5-15(13)19/h2-5,10H,6-9,11H2,1H3,(H,20,27). The minimum Gasteiger partial charge on any atom is -0.339 e. The molecule has 27 heavy (non-hydrogen) atoms. The highest BCUT2D eigenvalue weighted by Crippen LogP contribution is 2.15. The number of piperazine rings is 1. The van der Waals surface area contributed by atoms with Gasteiger partial charge < -0.3 is 14.8 Å². The fraction of sp³-hybridized carbons (Fsp3) is 0.333. The van der Waals surface area contributed by atoms with Crippen LogP contribution in [0.1, 0.15) is 22.8 Å². The molecule has 0 atom stereocenters. The molecule has 1 aliphatic heterocycles. The monoisotopic (exact) mass is 390 g/mol. The number of amides is 2. The van der Waals surface area contributed by atoms with E-state index in [1.54, 1.807) is 29.2 Å². The molecule has 0 unspecified atom stereocenters. The van der Waals surface area contributed by atoms with Crippen LogP contribution in [0.4, 0.5) is 0 Å². The molecule has 1 N–H and O–H groups in total. The van der Waals surface area contributed by atoms with Gasteiger partial charge in [-0.25, -0.2) is 4.79 Å². The molecule has 2 aromatic rings. The summed E-state index contributed by atoms with van der Waals surface area (Å²) in [5.41, 5.74) is -0.792. The quantitative estimate of drug-likeness (QED) is 0.827. The van der Waals surface area contributed by atoms with Gasteiger partial charge in [0.15, 0.2) is 0 Å². The van der Waals surface area contributed by atoms with Gasteiger partial charge in [-0.3, -0.25) is 19.0 Å². The number of carbonyl (C=O) groups excluding carboxylic acids is 2. The van der Waals surface area contributed by atoms with Crippen molar-refractivity contribution in [1.82, 2.24) is 19.4 Å². The van der Waals surface area contributed by atoms with Crippen LogP contribution in [0, 0.1) is 0 Å². The number of nitrogens with one attached hydrogen (secondary N) is 1. The zero-order chi connectivity index (χ0) is 19.6. The lowest BCUT2D eigenvalue weighted by Crippen LogP contribution is -2.51. The third-order valence-electron chi connectivity index (χ3n) is 4.59. The average Bonchev–Trinajstić information content (AvgIpc) is 2.66. The van der Waals surface area contributed by atoms with Gasteiger partial charge in [-0.1, -0.05) is 29.8 Å². The molecule has 1 aromatic heterocycles. The number of hydrogen-bond acceptors (Lipinski definition) is 4. The molecule has 142 valence electrons. The summed E-state index contributed by atoms with van der Waals surface area (Å²) in [6.07, 6.45) is 1.15. The molecule has 0 saturated carbocycles. The normalized spacial score (nSPS) is 14.3. The van der Waals surface area contributed by atoms with Gasteiger partial charge >= 0.3 is 5.69 Å². The topological polar surface area (TPSA) is 95.5 Å². The van der Waals surface area contributed by atoms with Crippen LogP contribution in [0.3, 0.4) is 0 Å². The first-order valence-electron chi connectivity index (χ1n) is 8.49. The summed E-state index contributed by atoms with van der Waals surface area (Å²) in [5, 5.41) is 0.431. The minimum absolute atomic E-state index is 0.0346. The van der Waals surface area contributed by atoms with Crippen LogP contribution in [0.25, 0.3) is 0 Å². The van der Waals surface area contributed by atoms with E-state index in [2.05, 4.69) is 4.98 Å². The van der Waals surface area contributed by atoms with E-state index in [0.717, 1.165) is 10.8 Å². The van der Waals surface area contributed by atoms with Crippen LogP contribution >= 0.6 is 11.6 Å². The minimum atomic E-state index is -0.669. The van der Waals surface area contributed by atoms with Gasteiger partial charge in [0.25, 0.3) is 11.5 Å². The van der Waals surface area contributed by atoms with Crippen LogP contribution in [0.5, 0.6) is 0 Å². The van der Waals surface area contributed by atoms with Crippen molar-refractivity contribution in [3.8, 4) is 0 Å². The lowest BCUT2D eigenvalue weighted by Gasteiger charge is -2.34. The van der Waals surface area contributed by atoms with E-state index in [9.17, 15) is 19.2 Å². The number of halogens is 1. The molecule has 0 radical (unpaired) electrons. The highest BCUT2D eigenvalue weighted by atomic mass is 35.5. The zero-order valence-corrected chi connectivity index (χ0v) is 15.5. The van der Waals surface area contributed by atoms with E-state index < -0.39 is 17.2 Å². The molecule has 0 aliphatic carbocycles. The first-order chi connectivity index (χ1) is 12.9. The average molecular weight is 391 g/mol. The second kappa shape index (κ2) is 7.79. The Morgan fingerprint density at radius 3 is 2.33 bits per heavy atom. The maximum atomic E-state index is 12.7. The van der Waals surface area contributed by atoms with E-state index in [0.29, 0.717) is 36.8 Å². The van der Waals surface area contributed by atoms with Gasteiger partial charge in [0.05, 0.1) is 6.54 Å². The largest absolute Gasteiger partial charge is 0.339 e. The third-order valence-corrected chi connectivity index (χ3v) is 4.96. The molecule has 2 heterocycles. The summed E-state index contributed by atoms with van der Waals surface area (Å²) in [5.74, 6) is -0.513. The van der Waals surface area contributed by atoms with Gasteiger partial charge in [0.1, 0.15) is 5.56 Å². The third kappa shape index (κ3) is 3.95. The highest BCUT2D eigenvalue weighted by Gasteiger charge is 2.26. The molecule has 1 saturated heterocycles. The van der Waals surface area contributed by atoms with E-state index in [1.807, 2.05) is 0 Å². The Morgan fingerprint density at radius 1 is 1.07 bits per heavy atom. The first-order valence-corrected chi connectivity index (χ1v) is 8.87. The number of rotatable bonds is 3. The zero-order valence-electron chi connectivity index (χ0n) is 14.8. The molecule has 3 rings (SSSR count). The number of H-pyrrole nitrogens is 1. The summed E-state index contributed by atoms with van der Waals surface area (Å²) in [7, 11) is 0. The lowest BCUT2D eigenvalue weighted by atomic mass is 10.2. The summed E-state index contributed by atoms with van der Waals surface area (Å²) in [6, 6.07) is 6.88. The molecule has 0 bridgehead atoms. The Labute approximate surface area is 160 Å².